The molecule has 0 aromatic heterocycles. The molecule has 0 amide bonds. The lowest BCUT2D eigenvalue weighted by Gasteiger charge is -2.26. The van der Waals surface area contributed by atoms with Crippen molar-refractivity contribution in [1.29, 1.82) is 0 Å². The first-order valence-corrected chi connectivity index (χ1v) is 6.57. The molecule has 0 fully saturated rings. The van der Waals surface area contributed by atoms with Gasteiger partial charge in [0.1, 0.15) is 17.9 Å². The van der Waals surface area contributed by atoms with Gasteiger partial charge in [-0.3, -0.25) is 10.1 Å². The van der Waals surface area contributed by atoms with Crippen LogP contribution in [-0.4, -0.2) is 29.8 Å². The highest BCUT2D eigenvalue weighted by Crippen LogP contribution is 2.20. The summed E-state index contributed by atoms with van der Waals surface area (Å²) in [4.78, 5) is 11.4. The van der Waals surface area contributed by atoms with Gasteiger partial charge in [-0.15, -0.1) is 0 Å². The first kappa shape index (κ1) is 15.5. The van der Waals surface area contributed by atoms with Gasteiger partial charge in [-0.25, -0.2) is 0 Å². The van der Waals surface area contributed by atoms with Crippen molar-refractivity contribution in [1.82, 2.24) is 5.32 Å². The highest BCUT2D eigenvalue weighted by atomic mass is 16.5. The van der Waals surface area contributed by atoms with Crippen molar-refractivity contribution >= 4 is 5.97 Å². The van der Waals surface area contributed by atoms with Gasteiger partial charge < -0.3 is 9.84 Å². The highest BCUT2D eigenvalue weighted by Gasteiger charge is 2.33. The topological polar surface area (TPSA) is 58.6 Å². The number of carboxylic acids is 1. The molecular formula is C15H23NO3. The largest absolute Gasteiger partial charge is 0.491 e. The molecule has 0 aliphatic carbocycles. The number of aryl methyl sites for hydroxylation is 2. The normalized spacial score (nSPS) is 13.9. The van der Waals surface area contributed by atoms with E-state index in [1.807, 2.05) is 39.0 Å². The van der Waals surface area contributed by atoms with Crippen LogP contribution in [0.25, 0.3) is 0 Å². The lowest BCUT2D eigenvalue weighted by atomic mass is 10.0. The number of aliphatic carboxylic acids is 1. The summed E-state index contributed by atoms with van der Waals surface area (Å²) in [6.07, 6.45) is 0.881. The van der Waals surface area contributed by atoms with E-state index in [1.165, 1.54) is 0 Å². The van der Waals surface area contributed by atoms with Crippen molar-refractivity contribution in [3.8, 4) is 5.75 Å². The average molecular weight is 265 g/mol. The number of rotatable bonds is 7. The Morgan fingerprint density at radius 1 is 1.42 bits per heavy atom. The van der Waals surface area contributed by atoms with E-state index < -0.39 is 11.5 Å². The molecule has 0 spiro atoms. The molecule has 1 aromatic rings. The van der Waals surface area contributed by atoms with Gasteiger partial charge in [-0.05, 0) is 50.9 Å². The Hall–Kier alpha value is -1.55. The van der Waals surface area contributed by atoms with Gasteiger partial charge in [0.2, 0.25) is 0 Å². The molecule has 2 N–H and O–H groups in total. The van der Waals surface area contributed by atoms with Gasteiger partial charge in [0, 0.05) is 0 Å². The van der Waals surface area contributed by atoms with Crippen LogP contribution in [0.2, 0.25) is 0 Å². The van der Waals surface area contributed by atoms with Gasteiger partial charge in [0.05, 0.1) is 0 Å². The SMILES string of the molecule is CCCNC(C)(COc1cc(C)ccc1C)C(=O)O. The lowest BCUT2D eigenvalue weighted by Crippen LogP contribution is -2.54. The Balaban J connectivity index is 2.76. The Morgan fingerprint density at radius 2 is 2.11 bits per heavy atom. The number of hydrogen-bond acceptors (Lipinski definition) is 3. The highest BCUT2D eigenvalue weighted by molar-refractivity contribution is 5.78. The van der Waals surface area contributed by atoms with Crippen LogP contribution in [0.5, 0.6) is 5.75 Å². The van der Waals surface area contributed by atoms with Crippen molar-refractivity contribution in [3.63, 3.8) is 0 Å². The Morgan fingerprint density at radius 3 is 2.68 bits per heavy atom. The maximum Gasteiger partial charge on any atom is 0.327 e. The summed E-state index contributed by atoms with van der Waals surface area (Å²) >= 11 is 0. The van der Waals surface area contributed by atoms with E-state index >= 15 is 0 Å². The summed E-state index contributed by atoms with van der Waals surface area (Å²) in [7, 11) is 0. The second kappa shape index (κ2) is 6.57. The third-order valence-electron chi connectivity index (χ3n) is 3.10. The fourth-order valence-corrected chi connectivity index (χ4v) is 1.67. The summed E-state index contributed by atoms with van der Waals surface area (Å²) in [6, 6.07) is 5.91. The van der Waals surface area contributed by atoms with Gasteiger partial charge in [-0.1, -0.05) is 19.1 Å². The minimum absolute atomic E-state index is 0.104. The van der Waals surface area contributed by atoms with E-state index in [9.17, 15) is 9.90 Å². The minimum atomic E-state index is -1.06. The van der Waals surface area contributed by atoms with Crippen LogP contribution < -0.4 is 10.1 Å². The number of ether oxygens (including phenoxy) is 1. The molecule has 106 valence electrons. The molecule has 1 rings (SSSR count). The number of carboxylic acid groups (broad SMARTS) is 1. The molecule has 4 heteroatoms. The van der Waals surface area contributed by atoms with E-state index in [-0.39, 0.29) is 6.61 Å². The quantitative estimate of drug-likeness (QED) is 0.795. The standard InChI is InChI=1S/C15H23NO3/c1-5-8-16-15(4,14(17)18)10-19-13-9-11(2)6-7-12(13)3/h6-7,9,16H,5,8,10H2,1-4H3,(H,17,18). The predicted octanol–water partition coefficient (Wildman–Crippen LogP) is 2.53. The fraction of sp³-hybridized carbons (Fsp3) is 0.533. The Bertz CT molecular complexity index is 445. The monoisotopic (exact) mass is 265 g/mol. The van der Waals surface area contributed by atoms with E-state index in [4.69, 9.17) is 4.74 Å². The molecule has 0 bridgehead atoms. The maximum atomic E-state index is 11.4. The summed E-state index contributed by atoms with van der Waals surface area (Å²) in [5.74, 6) is -0.156. The molecule has 0 saturated heterocycles. The van der Waals surface area contributed by atoms with Gasteiger partial charge in [0.15, 0.2) is 0 Å². The van der Waals surface area contributed by atoms with Crippen LogP contribution in [0, 0.1) is 13.8 Å². The van der Waals surface area contributed by atoms with Crippen LogP contribution in [0.3, 0.4) is 0 Å². The van der Waals surface area contributed by atoms with Crippen LogP contribution >= 0.6 is 0 Å². The zero-order chi connectivity index (χ0) is 14.5. The Kier molecular flexibility index (Phi) is 5.36. The molecule has 0 heterocycles. The summed E-state index contributed by atoms with van der Waals surface area (Å²) in [6.45, 7) is 8.34. The van der Waals surface area contributed by atoms with Crippen molar-refractivity contribution in [3.05, 3.63) is 29.3 Å². The smallest absolute Gasteiger partial charge is 0.327 e. The van der Waals surface area contributed by atoms with Gasteiger partial charge in [-0.2, -0.15) is 0 Å². The van der Waals surface area contributed by atoms with Crippen LogP contribution in [0.1, 0.15) is 31.4 Å². The molecule has 0 aliphatic rings. The van der Waals surface area contributed by atoms with Crippen LogP contribution in [0.15, 0.2) is 18.2 Å². The number of hydrogen-bond donors (Lipinski definition) is 2. The average Bonchev–Trinajstić information content (AvgIpc) is 2.37. The number of benzene rings is 1. The third kappa shape index (κ3) is 4.24. The van der Waals surface area contributed by atoms with Crippen molar-refractivity contribution in [2.24, 2.45) is 0 Å². The molecule has 1 aromatic carbocycles. The van der Waals surface area contributed by atoms with Gasteiger partial charge in [0.25, 0.3) is 0 Å². The maximum absolute atomic E-state index is 11.4. The molecule has 19 heavy (non-hydrogen) atoms. The lowest BCUT2D eigenvalue weighted by molar-refractivity contribution is -0.145. The number of nitrogens with one attached hydrogen (secondary N) is 1. The second-order valence-electron chi connectivity index (χ2n) is 5.12. The zero-order valence-electron chi connectivity index (χ0n) is 12.1. The van der Waals surface area contributed by atoms with Gasteiger partial charge >= 0.3 is 5.97 Å². The molecule has 0 aliphatic heterocycles. The van der Waals surface area contributed by atoms with Crippen LogP contribution in [-0.2, 0) is 4.79 Å². The van der Waals surface area contributed by atoms with Crippen LogP contribution in [0.4, 0.5) is 0 Å². The molecule has 4 nitrogen and oxygen atoms in total. The summed E-state index contributed by atoms with van der Waals surface area (Å²) in [5, 5.41) is 12.3. The summed E-state index contributed by atoms with van der Waals surface area (Å²) in [5.41, 5.74) is 1.04. The third-order valence-corrected chi connectivity index (χ3v) is 3.10. The first-order valence-electron chi connectivity index (χ1n) is 6.57. The zero-order valence-corrected chi connectivity index (χ0v) is 12.1. The summed E-state index contributed by atoms with van der Waals surface area (Å²) < 4.78 is 5.70. The minimum Gasteiger partial charge on any atom is -0.491 e. The van der Waals surface area contributed by atoms with E-state index in [2.05, 4.69) is 5.32 Å². The van der Waals surface area contributed by atoms with Crippen molar-refractivity contribution < 1.29 is 14.6 Å². The molecule has 0 radical (unpaired) electrons. The van der Waals surface area contributed by atoms with Crippen molar-refractivity contribution in [2.75, 3.05) is 13.2 Å². The predicted molar refractivity (Wildman–Crippen MR) is 75.7 cm³/mol. The molecule has 0 saturated carbocycles. The van der Waals surface area contributed by atoms with E-state index in [0.717, 1.165) is 23.3 Å². The van der Waals surface area contributed by atoms with E-state index in [0.29, 0.717) is 6.54 Å². The first-order chi connectivity index (χ1) is 8.89. The molecular weight excluding hydrogens is 242 g/mol. The molecule has 1 atom stereocenters. The Labute approximate surface area is 114 Å². The van der Waals surface area contributed by atoms with Crippen molar-refractivity contribution in [2.45, 2.75) is 39.7 Å². The number of carbonyl (C=O) groups is 1. The second-order valence-corrected chi connectivity index (χ2v) is 5.12. The van der Waals surface area contributed by atoms with E-state index in [1.54, 1.807) is 6.92 Å². The fourth-order valence-electron chi connectivity index (χ4n) is 1.67. The molecule has 1 unspecified atom stereocenters.